The van der Waals surface area contributed by atoms with Crippen LogP contribution in [0.5, 0.6) is 0 Å². The Morgan fingerprint density at radius 1 is 0.409 bits per heavy atom. The Balaban J connectivity index is 0.817. The fourth-order valence-electron chi connectivity index (χ4n) is 10.7. The van der Waals surface area contributed by atoms with Crippen molar-refractivity contribution in [1.82, 2.24) is 9.13 Å². The maximum absolute atomic E-state index is 15.6. The Morgan fingerprint density at radius 2 is 0.693 bits per heavy atom. The molecular formula is C66H50N6O14P2. The minimum Gasteiger partial charge on any atom is -0.460 e. The summed E-state index contributed by atoms with van der Waals surface area (Å²) in [6, 6.07) is 59.3. The smallest absolute Gasteiger partial charge is 0.338 e. The van der Waals surface area contributed by atoms with Crippen molar-refractivity contribution in [3.8, 4) is 0 Å². The van der Waals surface area contributed by atoms with Crippen molar-refractivity contribution in [2.75, 3.05) is 13.2 Å². The molecule has 2 heterocycles. The highest BCUT2D eigenvalue weighted by atomic mass is 31.2. The van der Waals surface area contributed by atoms with E-state index in [1.807, 2.05) is 9.13 Å². The number of oxime groups is 2. The first kappa shape index (κ1) is 58.8. The number of rotatable bonds is 20. The van der Waals surface area contributed by atoms with Gasteiger partial charge < -0.3 is 37.4 Å². The largest absolute Gasteiger partial charge is 0.460 e. The Kier molecular flexibility index (Phi) is 16.7. The van der Waals surface area contributed by atoms with Crippen LogP contribution in [-0.2, 0) is 51.0 Å². The highest BCUT2D eigenvalue weighted by molar-refractivity contribution is 7.94. The Morgan fingerprint density at radius 3 is 0.989 bits per heavy atom. The quantitative estimate of drug-likeness (QED) is 0.0172. The molecule has 9 aromatic carbocycles. The lowest BCUT2D eigenvalue weighted by Crippen LogP contribution is -2.23. The summed E-state index contributed by atoms with van der Waals surface area (Å²) in [6.07, 6.45) is 0. The summed E-state index contributed by atoms with van der Waals surface area (Å²) in [6.45, 7) is 2.23. The van der Waals surface area contributed by atoms with Crippen molar-refractivity contribution in [1.29, 1.82) is 0 Å². The van der Waals surface area contributed by atoms with Gasteiger partial charge in [-0.2, -0.15) is 0 Å². The van der Waals surface area contributed by atoms with Gasteiger partial charge >= 0.3 is 23.9 Å². The molecule has 0 saturated heterocycles. The van der Waals surface area contributed by atoms with Gasteiger partial charge in [0.05, 0.1) is 34.1 Å². The van der Waals surface area contributed by atoms with Crippen LogP contribution in [0.25, 0.3) is 43.6 Å². The van der Waals surface area contributed by atoms with Gasteiger partial charge in [-0.3, -0.25) is 20.2 Å². The fraction of sp³-hybridized carbons (Fsp3) is 0.0909. The molecule has 0 bridgehead atoms. The van der Waals surface area contributed by atoms with Gasteiger partial charge in [-0.1, -0.05) is 144 Å². The third-order valence-electron chi connectivity index (χ3n) is 14.7. The first-order valence-corrected chi connectivity index (χ1v) is 30.8. The first-order valence-electron chi connectivity index (χ1n) is 27.4. The second kappa shape index (κ2) is 24.9. The summed E-state index contributed by atoms with van der Waals surface area (Å²) in [5.74, 6) is -2.89. The molecule has 2 aromatic heterocycles. The van der Waals surface area contributed by atoms with Crippen LogP contribution in [0.2, 0.25) is 0 Å². The van der Waals surface area contributed by atoms with Gasteiger partial charge in [-0.25, -0.2) is 19.2 Å². The molecule has 0 amide bonds. The lowest BCUT2D eigenvalue weighted by atomic mass is 10.1. The number of ether oxygens (including phenoxy) is 2. The van der Waals surface area contributed by atoms with Gasteiger partial charge in [-0.05, 0) is 60.7 Å². The summed E-state index contributed by atoms with van der Waals surface area (Å²) < 4.78 is 46.4. The van der Waals surface area contributed by atoms with Crippen LogP contribution >= 0.6 is 14.3 Å². The molecule has 0 atom stereocenters. The number of benzene rings is 9. The highest BCUT2D eigenvalue weighted by Gasteiger charge is 2.38. The molecule has 0 N–H and O–H groups in total. The van der Waals surface area contributed by atoms with E-state index < -0.39 is 48.0 Å². The monoisotopic (exact) mass is 1210 g/mol. The van der Waals surface area contributed by atoms with Crippen molar-refractivity contribution >= 4 is 125 Å². The predicted molar refractivity (Wildman–Crippen MR) is 335 cm³/mol. The summed E-state index contributed by atoms with van der Waals surface area (Å²) in [5.41, 5.74) is 2.76. The van der Waals surface area contributed by atoms with Crippen LogP contribution in [0.15, 0.2) is 229 Å². The van der Waals surface area contributed by atoms with Crippen molar-refractivity contribution in [3.05, 3.63) is 261 Å². The van der Waals surface area contributed by atoms with E-state index in [0.29, 0.717) is 76.0 Å². The van der Waals surface area contributed by atoms with E-state index in [9.17, 15) is 39.4 Å². The molecule has 0 aliphatic rings. The number of hydrogen-bond donors (Lipinski definition) is 0. The number of esters is 2. The molecular weight excluding hydrogens is 1160 g/mol. The molecule has 438 valence electrons. The number of carbonyl (C=O) groups is 4. The molecule has 0 saturated carbocycles. The zero-order valence-corrected chi connectivity index (χ0v) is 48.7. The number of fused-ring (bicyclic) bond motifs is 6. The van der Waals surface area contributed by atoms with E-state index in [2.05, 4.69) is 10.3 Å². The van der Waals surface area contributed by atoms with Crippen LogP contribution in [0.1, 0.15) is 45.7 Å². The van der Waals surface area contributed by atoms with Crippen molar-refractivity contribution in [2.45, 2.75) is 26.9 Å². The molecule has 11 rings (SSSR count). The Labute approximate surface area is 500 Å². The van der Waals surface area contributed by atoms with E-state index in [1.54, 1.807) is 170 Å². The third kappa shape index (κ3) is 11.5. The molecule has 0 unspecified atom stereocenters. The zero-order valence-electron chi connectivity index (χ0n) is 46.9. The van der Waals surface area contributed by atoms with Crippen LogP contribution in [0, 0.1) is 20.2 Å². The van der Waals surface area contributed by atoms with E-state index in [1.165, 1.54) is 62.4 Å². The number of aromatic nitrogens is 2. The third-order valence-corrected chi connectivity index (χ3v) is 20.7. The van der Waals surface area contributed by atoms with Gasteiger partial charge in [0, 0.05) is 114 Å². The Bertz CT molecular complexity index is 4360. The van der Waals surface area contributed by atoms with E-state index >= 15 is 9.13 Å². The number of non-ortho nitro benzene ring substituents is 2. The topological polar surface area (TPSA) is 260 Å². The summed E-state index contributed by atoms with van der Waals surface area (Å²) in [4.78, 5) is 85.2. The molecule has 0 spiro atoms. The maximum Gasteiger partial charge on any atom is 0.338 e. The molecule has 0 radical (unpaired) electrons. The molecule has 0 fully saturated rings. The van der Waals surface area contributed by atoms with Crippen LogP contribution < -0.4 is 21.2 Å². The van der Waals surface area contributed by atoms with Gasteiger partial charge in [0.1, 0.15) is 13.2 Å². The average molecular weight is 1210 g/mol. The van der Waals surface area contributed by atoms with Crippen molar-refractivity contribution < 1.29 is 57.3 Å². The molecule has 88 heavy (non-hydrogen) atoms. The lowest BCUT2D eigenvalue weighted by Gasteiger charge is -2.21. The van der Waals surface area contributed by atoms with Gasteiger partial charge in [0.15, 0.2) is 25.2 Å². The standard InChI is InChI=1S/C66H50N6O14P2/c1-43(73)85-67-63(87(81,51-15-7-3-8-16-51)52-17-9-4-10-18-52)47-27-31-59-55(39-47)57-41-49(71(77)78)29-33-61(57)69(59)35-37-83-65(75)45-23-25-46(26-24-45)66(76)84-38-36-70-60-32-28-48(40-56(60)58-42-50(72(79)80)30-34-62(58)70)64(68-86-44(2)74)88(82,53-19-11-5-12-20-53)54-21-13-6-14-22-54/h3-34,39-42H,35-38H2,1-2H3/b67-63-,68-64-. The molecule has 0 aliphatic heterocycles. The SMILES string of the molecule is CC(=O)O/N=C(/c1ccc2c(c1)c1cc([N+](=O)[O-])ccc1n2CCOC(=O)c1ccc(C(=O)OCCn2c3ccc(/C(=N/OC(C)=O)P(=O)(c4ccccc4)c4ccccc4)cc3c3cc([N+](=O)[O-])ccc32)cc1)P(=O)(c1ccccc1)c1ccccc1. The van der Waals surface area contributed by atoms with Crippen LogP contribution in [0.4, 0.5) is 11.4 Å². The lowest BCUT2D eigenvalue weighted by molar-refractivity contribution is -0.384. The molecule has 22 heteroatoms. The summed E-state index contributed by atoms with van der Waals surface area (Å²) in [7, 11) is -7.71. The fourth-order valence-corrected chi connectivity index (χ4v) is 15.9. The van der Waals surface area contributed by atoms with Gasteiger partial charge in [0.25, 0.3) is 11.4 Å². The second-order valence-electron chi connectivity index (χ2n) is 20.1. The second-order valence-corrected chi connectivity index (χ2v) is 25.4. The minimum absolute atomic E-state index is 0.0338. The first-order chi connectivity index (χ1) is 42.5. The average Bonchev–Trinajstić information content (AvgIpc) is 1.54. The molecule has 11 aromatic rings. The van der Waals surface area contributed by atoms with Crippen molar-refractivity contribution in [2.24, 2.45) is 10.3 Å². The molecule has 20 nitrogen and oxygen atoms in total. The predicted octanol–water partition coefficient (Wildman–Crippen LogP) is 11.9. The van der Waals surface area contributed by atoms with E-state index in [4.69, 9.17) is 19.1 Å². The summed E-state index contributed by atoms with van der Waals surface area (Å²) >= 11 is 0. The number of nitro benzene ring substituents is 2. The van der Waals surface area contributed by atoms with Gasteiger partial charge in [0.2, 0.25) is 0 Å². The number of hydrogen-bond acceptors (Lipinski definition) is 16. The normalized spacial score (nSPS) is 12.1. The zero-order chi connectivity index (χ0) is 61.7. The van der Waals surface area contributed by atoms with Crippen LogP contribution in [-0.4, -0.2) is 67.0 Å². The number of carbonyl (C=O) groups excluding carboxylic acids is 4. The van der Waals surface area contributed by atoms with Gasteiger partial charge in [-0.15, -0.1) is 0 Å². The van der Waals surface area contributed by atoms with E-state index in [0.717, 1.165) is 0 Å². The minimum atomic E-state index is -3.85. The Hall–Kier alpha value is -10.9. The van der Waals surface area contributed by atoms with Crippen molar-refractivity contribution in [3.63, 3.8) is 0 Å². The van der Waals surface area contributed by atoms with Crippen LogP contribution in [0.3, 0.4) is 0 Å². The number of nitro groups is 2. The van der Waals surface area contributed by atoms with E-state index in [-0.39, 0.29) is 59.7 Å². The highest BCUT2D eigenvalue weighted by Crippen LogP contribution is 2.50. The summed E-state index contributed by atoms with van der Waals surface area (Å²) in [5, 5.41) is 36.3. The number of nitrogens with zero attached hydrogens (tertiary/aromatic N) is 6. The molecule has 0 aliphatic carbocycles. The maximum atomic E-state index is 15.6.